The molecular weight excluding hydrogens is 521 g/mol. The van der Waals surface area contributed by atoms with Crippen LogP contribution in [0, 0.1) is 6.92 Å². The number of nitrogens with one attached hydrogen (secondary N) is 1. The van der Waals surface area contributed by atoms with Gasteiger partial charge in [0.05, 0.1) is 22.0 Å². The molecule has 0 saturated carbocycles. The Bertz CT molecular complexity index is 1170. The van der Waals surface area contributed by atoms with Gasteiger partial charge in [-0.1, -0.05) is 46.9 Å². The number of carbonyl (C=O) groups is 2. The minimum Gasteiger partial charge on any atom is -0.352 e. The summed E-state index contributed by atoms with van der Waals surface area (Å²) in [5.41, 5.74) is 1.44. The van der Waals surface area contributed by atoms with Crippen LogP contribution in [0.5, 0.6) is 0 Å². The maximum Gasteiger partial charge on any atom is 0.244 e. The Morgan fingerprint density at radius 3 is 2.21 bits per heavy atom. The van der Waals surface area contributed by atoms with Crippen LogP contribution in [0.25, 0.3) is 0 Å². The fourth-order valence-electron chi connectivity index (χ4n) is 3.28. The second-order valence-corrected chi connectivity index (χ2v) is 11.4. The van der Waals surface area contributed by atoms with E-state index in [9.17, 15) is 18.0 Å². The molecule has 0 aliphatic heterocycles. The summed E-state index contributed by atoms with van der Waals surface area (Å²) in [4.78, 5) is 27.6. The van der Waals surface area contributed by atoms with E-state index in [-0.39, 0.29) is 24.2 Å². The summed E-state index contributed by atoms with van der Waals surface area (Å²) in [5.74, 6) is -0.935. The van der Waals surface area contributed by atoms with Crippen LogP contribution in [0.15, 0.2) is 36.4 Å². The van der Waals surface area contributed by atoms with E-state index >= 15 is 0 Å². The molecule has 0 spiro atoms. The van der Waals surface area contributed by atoms with Crippen molar-refractivity contribution in [3.8, 4) is 0 Å². The molecule has 1 unspecified atom stereocenters. The summed E-state index contributed by atoms with van der Waals surface area (Å²) in [7, 11) is -3.85. The van der Waals surface area contributed by atoms with Gasteiger partial charge < -0.3 is 10.2 Å². The van der Waals surface area contributed by atoms with Gasteiger partial charge in [0.1, 0.15) is 12.6 Å². The highest BCUT2D eigenvalue weighted by molar-refractivity contribution is 7.92. The van der Waals surface area contributed by atoms with Gasteiger partial charge in [0.25, 0.3) is 0 Å². The first kappa shape index (κ1) is 28.2. The molecule has 0 radical (unpaired) electrons. The van der Waals surface area contributed by atoms with Crippen LogP contribution in [0.2, 0.25) is 15.1 Å². The zero-order valence-corrected chi connectivity index (χ0v) is 22.7. The van der Waals surface area contributed by atoms with Crippen molar-refractivity contribution in [1.29, 1.82) is 0 Å². The van der Waals surface area contributed by atoms with E-state index in [1.54, 1.807) is 50.2 Å². The molecule has 2 aromatic rings. The zero-order valence-electron chi connectivity index (χ0n) is 19.6. The number of benzene rings is 2. The van der Waals surface area contributed by atoms with Crippen LogP contribution in [-0.4, -0.2) is 50.0 Å². The average molecular weight is 549 g/mol. The van der Waals surface area contributed by atoms with Gasteiger partial charge in [-0.05, 0) is 63.1 Å². The SMILES string of the molecule is Cc1c(Cl)cccc1N(CC(=O)N(Cc1ccc(Cl)c(Cl)c1)C(C)C(=O)NC(C)C)S(C)(=O)=O. The Kier molecular flexibility index (Phi) is 9.65. The molecule has 0 aliphatic carbocycles. The lowest BCUT2D eigenvalue weighted by molar-refractivity contribution is -0.139. The number of nitrogens with zero attached hydrogens (tertiary/aromatic N) is 2. The lowest BCUT2D eigenvalue weighted by atomic mass is 10.1. The fourth-order valence-corrected chi connectivity index (χ4v) is 4.67. The predicted octanol–water partition coefficient (Wildman–Crippen LogP) is 4.66. The Morgan fingerprint density at radius 1 is 1.00 bits per heavy atom. The molecule has 11 heteroatoms. The molecule has 1 atom stereocenters. The number of hydrogen-bond acceptors (Lipinski definition) is 4. The van der Waals surface area contributed by atoms with Gasteiger partial charge >= 0.3 is 0 Å². The largest absolute Gasteiger partial charge is 0.352 e. The van der Waals surface area contributed by atoms with Crippen LogP contribution >= 0.6 is 34.8 Å². The third-order valence-corrected chi connectivity index (χ3v) is 7.40. The first-order chi connectivity index (χ1) is 15.7. The van der Waals surface area contributed by atoms with Crippen molar-refractivity contribution in [3.05, 3.63) is 62.6 Å². The molecule has 2 aromatic carbocycles. The number of rotatable bonds is 9. The van der Waals surface area contributed by atoms with Crippen molar-refractivity contribution < 1.29 is 18.0 Å². The topological polar surface area (TPSA) is 86.8 Å². The molecule has 186 valence electrons. The van der Waals surface area contributed by atoms with Crippen molar-refractivity contribution in [2.45, 2.75) is 46.3 Å². The Morgan fingerprint density at radius 2 is 1.65 bits per heavy atom. The van der Waals surface area contributed by atoms with E-state index in [2.05, 4.69) is 5.32 Å². The standard InChI is InChI=1S/C23H28Cl3N3O4S/c1-14(2)27-23(31)16(4)28(12-17-9-10-19(25)20(26)11-17)22(30)13-29(34(5,32)33)21-8-6-7-18(24)15(21)3/h6-11,14,16H,12-13H2,1-5H3,(H,27,31). The molecule has 7 nitrogen and oxygen atoms in total. The molecule has 0 aliphatic rings. The first-order valence-electron chi connectivity index (χ1n) is 10.5. The highest BCUT2D eigenvalue weighted by atomic mass is 35.5. The van der Waals surface area contributed by atoms with Gasteiger partial charge in [-0.3, -0.25) is 13.9 Å². The Balaban J connectivity index is 2.46. The normalized spacial score (nSPS) is 12.4. The monoisotopic (exact) mass is 547 g/mol. The van der Waals surface area contributed by atoms with E-state index in [1.807, 2.05) is 13.8 Å². The smallest absolute Gasteiger partial charge is 0.244 e. The minimum absolute atomic E-state index is 0.0224. The lowest BCUT2D eigenvalue weighted by Gasteiger charge is -2.32. The third-order valence-electron chi connectivity index (χ3n) is 5.12. The van der Waals surface area contributed by atoms with E-state index in [0.29, 0.717) is 26.2 Å². The summed E-state index contributed by atoms with van der Waals surface area (Å²) >= 11 is 18.3. The number of hydrogen-bond donors (Lipinski definition) is 1. The minimum atomic E-state index is -3.85. The van der Waals surface area contributed by atoms with Gasteiger partial charge in [-0.15, -0.1) is 0 Å². The highest BCUT2D eigenvalue weighted by Gasteiger charge is 2.31. The summed E-state index contributed by atoms with van der Waals surface area (Å²) in [6.45, 7) is 6.39. The van der Waals surface area contributed by atoms with E-state index in [4.69, 9.17) is 34.8 Å². The van der Waals surface area contributed by atoms with Crippen molar-refractivity contribution in [2.75, 3.05) is 17.1 Å². The number of sulfonamides is 1. The molecule has 2 amide bonds. The highest BCUT2D eigenvalue weighted by Crippen LogP contribution is 2.29. The van der Waals surface area contributed by atoms with E-state index in [1.165, 1.54) is 4.90 Å². The van der Waals surface area contributed by atoms with Gasteiger partial charge in [0, 0.05) is 17.6 Å². The van der Waals surface area contributed by atoms with Crippen molar-refractivity contribution in [1.82, 2.24) is 10.2 Å². The van der Waals surface area contributed by atoms with E-state index in [0.717, 1.165) is 10.6 Å². The molecule has 0 fully saturated rings. The third kappa shape index (κ3) is 7.25. The predicted molar refractivity (Wildman–Crippen MR) is 138 cm³/mol. The van der Waals surface area contributed by atoms with Crippen LogP contribution in [0.4, 0.5) is 5.69 Å². The number of anilines is 1. The lowest BCUT2D eigenvalue weighted by Crippen LogP contribution is -2.52. The summed E-state index contributed by atoms with van der Waals surface area (Å²) < 4.78 is 26.3. The number of carbonyl (C=O) groups excluding carboxylic acids is 2. The second-order valence-electron chi connectivity index (χ2n) is 8.26. The molecule has 2 rings (SSSR count). The average Bonchev–Trinajstić information content (AvgIpc) is 2.73. The van der Waals surface area contributed by atoms with Crippen LogP contribution < -0.4 is 9.62 Å². The molecule has 1 N–H and O–H groups in total. The molecule has 0 bridgehead atoms. The maximum absolute atomic E-state index is 13.5. The summed E-state index contributed by atoms with van der Waals surface area (Å²) in [5, 5.41) is 3.82. The van der Waals surface area contributed by atoms with Gasteiger partial charge in [-0.2, -0.15) is 0 Å². The summed E-state index contributed by atoms with van der Waals surface area (Å²) in [6.07, 6.45) is 1.01. The molecule has 0 saturated heterocycles. The quantitative estimate of drug-likeness (QED) is 0.494. The van der Waals surface area contributed by atoms with Gasteiger partial charge in [-0.25, -0.2) is 8.42 Å². The fraction of sp³-hybridized carbons (Fsp3) is 0.391. The molecular formula is C23H28Cl3N3O4S. The maximum atomic E-state index is 13.5. The van der Waals surface area contributed by atoms with Gasteiger partial charge in [0.2, 0.25) is 21.8 Å². The van der Waals surface area contributed by atoms with Crippen molar-refractivity contribution in [3.63, 3.8) is 0 Å². The molecule has 34 heavy (non-hydrogen) atoms. The van der Waals surface area contributed by atoms with Crippen LogP contribution in [-0.2, 0) is 26.2 Å². The zero-order chi connectivity index (χ0) is 25.8. The van der Waals surface area contributed by atoms with E-state index < -0.39 is 28.5 Å². The van der Waals surface area contributed by atoms with Gasteiger partial charge in [0.15, 0.2) is 0 Å². The Hall–Kier alpha value is -2.00. The number of amides is 2. The first-order valence-corrected chi connectivity index (χ1v) is 13.5. The second kappa shape index (κ2) is 11.6. The van der Waals surface area contributed by atoms with Crippen molar-refractivity contribution in [2.24, 2.45) is 0 Å². The van der Waals surface area contributed by atoms with Crippen LogP contribution in [0.1, 0.15) is 31.9 Å². The molecule has 0 aromatic heterocycles. The summed E-state index contributed by atoms with van der Waals surface area (Å²) in [6, 6.07) is 8.69. The Labute approximate surface area is 216 Å². The molecule has 0 heterocycles. The van der Waals surface area contributed by atoms with Crippen molar-refractivity contribution >= 4 is 62.3 Å². The number of halogens is 3. The van der Waals surface area contributed by atoms with Crippen LogP contribution in [0.3, 0.4) is 0 Å².